The molecule has 2 rings (SSSR count). The lowest BCUT2D eigenvalue weighted by molar-refractivity contribution is 0.0633. The van der Waals surface area contributed by atoms with Crippen molar-refractivity contribution >= 4 is 24.8 Å². The molecule has 2 N–H and O–H groups in total. The monoisotopic (exact) mass is 242 g/mol. The smallest absolute Gasteiger partial charge is 0.0695 e. The fourth-order valence-corrected chi connectivity index (χ4v) is 2.36. The standard InChI is InChI=1S/C9H18N2O.2ClH/c12-9-3-1-2-8(9)11-6-4-10-5-7-11;;/h8-10,12H,1-7H2;2*1H. The normalized spacial score (nSPS) is 33.2. The molecule has 0 aromatic rings. The van der Waals surface area contributed by atoms with Gasteiger partial charge in [0.2, 0.25) is 0 Å². The molecule has 3 nitrogen and oxygen atoms in total. The molecular weight excluding hydrogens is 223 g/mol. The van der Waals surface area contributed by atoms with Crippen molar-refractivity contribution < 1.29 is 5.11 Å². The Morgan fingerprint density at radius 3 is 2.21 bits per heavy atom. The molecule has 2 unspecified atom stereocenters. The van der Waals surface area contributed by atoms with Crippen LogP contribution in [0, 0.1) is 0 Å². The fourth-order valence-electron chi connectivity index (χ4n) is 2.36. The highest BCUT2D eigenvalue weighted by atomic mass is 35.5. The van der Waals surface area contributed by atoms with Crippen LogP contribution >= 0.6 is 24.8 Å². The first-order valence-electron chi connectivity index (χ1n) is 5.01. The Morgan fingerprint density at radius 2 is 1.71 bits per heavy atom. The minimum Gasteiger partial charge on any atom is -0.391 e. The molecule has 1 saturated carbocycles. The van der Waals surface area contributed by atoms with Crippen molar-refractivity contribution in [2.75, 3.05) is 26.2 Å². The van der Waals surface area contributed by atoms with Crippen LogP contribution in [-0.2, 0) is 0 Å². The van der Waals surface area contributed by atoms with E-state index in [-0.39, 0.29) is 30.9 Å². The second-order valence-electron chi connectivity index (χ2n) is 3.85. The Labute approximate surface area is 98.1 Å². The van der Waals surface area contributed by atoms with Gasteiger partial charge in [-0.05, 0) is 19.3 Å². The molecule has 2 atom stereocenters. The van der Waals surface area contributed by atoms with Crippen molar-refractivity contribution in [1.29, 1.82) is 0 Å². The molecule has 2 fully saturated rings. The lowest BCUT2D eigenvalue weighted by atomic mass is 10.1. The summed E-state index contributed by atoms with van der Waals surface area (Å²) in [6.45, 7) is 4.40. The average molecular weight is 243 g/mol. The van der Waals surface area contributed by atoms with Crippen molar-refractivity contribution in [2.45, 2.75) is 31.4 Å². The van der Waals surface area contributed by atoms with Gasteiger partial charge in [0, 0.05) is 32.2 Å². The number of nitrogens with zero attached hydrogens (tertiary/aromatic N) is 1. The summed E-state index contributed by atoms with van der Waals surface area (Å²) < 4.78 is 0. The highest BCUT2D eigenvalue weighted by Crippen LogP contribution is 2.24. The number of aliphatic hydroxyl groups excluding tert-OH is 1. The van der Waals surface area contributed by atoms with E-state index < -0.39 is 0 Å². The maximum absolute atomic E-state index is 9.68. The third-order valence-electron chi connectivity index (χ3n) is 3.06. The topological polar surface area (TPSA) is 35.5 Å². The SMILES string of the molecule is Cl.Cl.OC1CCCC1N1CCNCC1. The summed E-state index contributed by atoms with van der Waals surface area (Å²) in [5, 5.41) is 13.0. The third-order valence-corrected chi connectivity index (χ3v) is 3.06. The molecule has 0 aromatic heterocycles. The van der Waals surface area contributed by atoms with Gasteiger partial charge < -0.3 is 10.4 Å². The number of hydrogen-bond donors (Lipinski definition) is 2. The van der Waals surface area contributed by atoms with E-state index in [4.69, 9.17) is 0 Å². The molecular formula is C9H20Cl2N2O. The van der Waals surface area contributed by atoms with Crippen molar-refractivity contribution in [3.8, 4) is 0 Å². The maximum Gasteiger partial charge on any atom is 0.0695 e. The maximum atomic E-state index is 9.68. The van der Waals surface area contributed by atoms with Crippen LogP contribution in [0.25, 0.3) is 0 Å². The number of nitrogens with one attached hydrogen (secondary N) is 1. The number of piperazine rings is 1. The van der Waals surface area contributed by atoms with Gasteiger partial charge in [0.1, 0.15) is 0 Å². The lowest BCUT2D eigenvalue weighted by Crippen LogP contribution is -2.50. The molecule has 1 aliphatic carbocycles. The summed E-state index contributed by atoms with van der Waals surface area (Å²) in [5.74, 6) is 0. The van der Waals surface area contributed by atoms with E-state index in [1.165, 1.54) is 12.8 Å². The average Bonchev–Trinajstić information content (AvgIpc) is 2.53. The van der Waals surface area contributed by atoms with E-state index >= 15 is 0 Å². The fraction of sp³-hybridized carbons (Fsp3) is 1.00. The van der Waals surface area contributed by atoms with Crippen LogP contribution in [-0.4, -0.2) is 48.3 Å². The number of hydrogen-bond acceptors (Lipinski definition) is 3. The van der Waals surface area contributed by atoms with Gasteiger partial charge in [-0.25, -0.2) is 0 Å². The van der Waals surface area contributed by atoms with Gasteiger partial charge >= 0.3 is 0 Å². The molecule has 1 heterocycles. The Hall–Kier alpha value is 0.460. The van der Waals surface area contributed by atoms with Crippen LogP contribution in [0.15, 0.2) is 0 Å². The van der Waals surface area contributed by atoms with Gasteiger partial charge in [0.25, 0.3) is 0 Å². The largest absolute Gasteiger partial charge is 0.391 e. The number of aliphatic hydroxyl groups is 1. The van der Waals surface area contributed by atoms with Gasteiger partial charge in [-0.1, -0.05) is 0 Å². The van der Waals surface area contributed by atoms with Gasteiger partial charge in [0.15, 0.2) is 0 Å². The minimum atomic E-state index is -0.0527. The van der Waals surface area contributed by atoms with E-state index in [0.717, 1.165) is 32.6 Å². The van der Waals surface area contributed by atoms with Gasteiger partial charge in [0.05, 0.1) is 6.10 Å². The predicted octanol–water partition coefficient (Wildman–Crippen LogP) is 0.649. The van der Waals surface area contributed by atoms with Gasteiger partial charge in [-0.3, -0.25) is 4.90 Å². The molecule has 1 saturated heterocycles. The molecule has 5 heteroatoms. The first kappa shape index (κ1) is 14.5. The summed E-state index contributed by atoms with van der Waals surface area (Å²) in [7, 11) is 0. The van der Waals surface area contributed by atoms with E-state index in [1.54, 1.807) is 0 Å². The Kier molecular flexibility index (Phi) is 7.08. The van der Waals surface area contributed by atoms with E-state index in [0.29, 0.717) is 6.04 Å². The van der Waals surface area contributed by atoms with Crippen LogP contribution in [0.3, 0.4) is 0 Å². The zero-order valence-electron chi connectivity index (χ0n) is 8.32. The van der Waals surface area contributed by atoms with Crippen LogP contribution in [0.2, 0.25) is 0 Å². The van der Waals surface area contributed by atoms with Crippen molar-refractivity contribution in [1.82, 2.24) is 10.2 Å². The number of halogens is 2. The molecule has 0 radical (unpaired) electrons. The van der Waals surface area contributed by atoms with Crippen molar-refractivity contribution in [3.63, 3.8) is 0 Å². The predicted molar refractivity (Wildman–Crippen MR) is 62.6 cm³/mol. The number of rotatable bonds is 1. The molecule has 86 valence electrons. The van der Waals surface area contributed by atoms with Crippen LogP contribution < -0.4 is 5.32 Å². The van der Waals surface area contributed by atoms with E-state index in [1.807, 2.05) is 0 Å². The van der Waals surface area contributed by atoms with Crippen LogP contribution in [0.4, 0.5) is 0 Å². The lowest BCUT2D eigenvalue weighted by Gasteiger charge is -2.34. The third kappa shape index (κ3) is 3.24. The summed E-state index contributed by atoms with van der Waals surface area (Å²) >= 11 is 0. The molecule has 0 amide bonds. The van der Waals surface area contributed by atoms with Crippen LogP contribution in [0.1, 0.15) is 19.3 Å². The summed E-state index contributed by atoms with van der Waals surface area (Å²) in [6, 6.07) is 0.465. The Balaban J connectivity index is 0.000000845. The Morgan fingerprint density at radius 1 is 1.07 bits per heavy atom. The summed E-state index contributed by atoms with van der Waals surface area (Å²) in [4.78, 5) is 2.44. The highest BCUT2D eigenvalue weighted by Gasteiger charge is 2.30. The molecule has 0 spiro atoms. The first-order chi connectivity index (χ1) is 5.88. The zero-order chi connectivity index (χ0) is 8.39. The zero-order valence-corrected chi connectivity index (χ0v) is 9.95. The first-order valence-corrected chi connectivity index (χ1v) is 5.01. The molecule has 0 bridgehead atoms. The summed E-state index contributed by atoms with van der Waals surface area (Å²) in [6.07, 6.45) is 3.36. The van der Waals surface area contributed by atoms with Gasteiger partial charge in [-0.2, -0.15) is 0 Å². The quantitative estimate of drug-likeness (QED) is 0.709. The minimum absolute atomic E-state index is 0. The van der Waals surface area contributed by atoms with Gasteiger partial charge in [-0.15, -0.1) is 24.8 Å². The second-order valence-corrected chi connectivity index (χ2v) is 3.85. The highest BCUT2D eigenvalue weighted by molar-refractivity contribution is 5.85. The van der Waals surface area contributed by atoms with E-state index in [9.17, 15) is 5.11 Å². The molecule has 2 aliphatic rings. The van der Waals surface area contributed by atoms with Crippen molar-refractivity contribution in [2.24, 2.45) is 0 Å². The Bertz CT molecular complexity index is 154. The van der Waals surface area contributed by atoms with Crippen molar-refractivity contribution in [3.05, 3.63) is 0 Å². The molecule has 1 aliphatic heterocycles. The second kappa shape index (κ2) is 6.85. The molecule has 14 heavy (non-hydrogen) atoms. The van der Waals surface area contributed by atoms with E-state index in [2.05, 4.69) is 10.2 Å². The van der Waals surface area contributed by atoms with Crippen LogP contribution in [0.5, 0.6) is 0 Å². The molecule has 0 aromatic carbocycles. The summed E-state index contributed by atoms with van der Waals surface area (Å²) in [5.41, 5.74) is 0.